The van der Waals surface area contributed by atoms with Gasteiger partial charge in [-0.3, -0.25) is 4.79 Å². The normalized spacial score (nSPS) is 16.0. The number of rotatable bonds is 1. The van der Waals surface area contributed by atoms with Crippen LogP contribution in [-0.4, -0.2) is 19.0 Å². The lowest BCUT2D eigenvalue weighted by Crippen LogP contribution is -2.23. The van der Waals surface area contributed by atoms with Gasteiger partial charge in [0.1, 0.15) is 0 Å². The van der Waals surface area contributed by atoms with Crippen molar-refractivity contribution in [3.05, 3.63) is 23.8 Å². The molecule has 0 unspecified atom stereocenters. The van der Waals surface area contributed by atoms with Crippen molar-refractivity contribution in [2.24, 2.45) is 0 Å². The number of halogens is 3. The molecule has 6 heteroatoms. The Kier molecular flexibility index (Phi) is 3.19. The van der Waals surface area contributed by atoms with E-state index in [9.17, 15) is 18.0 Å². The summed E-state index contributed by atoms with van der Waals surface area (Å²) in [5.41, 5.74) is 0.116. The summed E-state index contributed by atoms with van der Waals surface area (Å²) in [5, 5.41) is 2.52. The number of anilines is 2. The third-order valence-electron chi connectivity index (χ3n) is 2.93. The summed E-state index contributed by atoms with van der Waals surface area (Å²) in [7, 11) is 0. The number of nitrogens with zero attached hydrogens (tertiary/aromatic N) is 1. The van der Waals surface area contributed by atoms with Crippen LogP contribution in [0.3, 0.4) is 0 Å². The highest BCUT2D eigenvalue weighted by Crippen LogP contribution is 2.36. The Hall–Kier alpha value is -1.72. The predicted octanol–water partition coefficient (Wildman–Crippen LogP) is 2.87. The van der Waals surface area contributed by atoms with Gasteiger partial charge in [-0.15, -0.1) is 0 Å². The van der Waals surface area contributed by atoms with Crippen LogP contribution in [0.5, 0.6) is 0 Å². The summed E-state index contributed by atoms with van der Waals surface area (Å²) in [5.74, 6) is -0.258. The molecule has 98 valence electrons. The first-order valence-corrected chi connectivity index (χ1v) is 5.68. The number of amides is 1. The fraction of sp³-hybridized carbons (Fsp3) is 0.417. The van der Waals surface area contributed by atoms with Crippen molar-refractivity contribution in [1.82, 2.24) is 0 Å². The fourth-order valence-corrected chi connectivity index (χ4v) is 1.99. The molecule has 0 aromatic heterocycles. The van der Waals surface area contributed by atoms with Crippen molar-refractivity contribution in [3.8, 4) is 0 Å². The van der Waals surface area contributed by atoms with Crippen LogP contribution in [0.1, 0.15) is 18.9 Å². The van der Waals surface area contributed by atoms with Gasteiger partial charge in [0.15, 0.2) is 0 Å². The molecule has 0 saturated carbocycles. The number of fused-ring (bicyclic) bond motifs is 1. The summed E-state index contributed by atoms with van der Waals surface area (Å²) in [6.45, 7) is 3.06. The highest BCUT2D eigenvalue weighted by atomic mass is 19.4. The molecular weight excluding hydrogens is 245 g/mol. The van der Waals surface area contributed by atoms with E-state index < -0.39 is 11.7 Å². The minimum absolute atomic E-state index is 0.231. The fourth-order valence-electron chi connectivity index (χ4n) is 1.99. The first-order valence-electron chi connectivity index (χ1n) is 5.68. The molecule has 3 nitrogen and oxygen atoms in total. The van der Waals surface area contributed by atoms with Crippen molar-refractivity contribution >= 4 is 17.3 Å². The van der Waals surface area contributed by atoms with E-state index in [1.807, 2.05) is 11.8 Å². The SMILES string of the molecule is CCN1CCC(=O)Nc2cc(C(F)(F)F)ccc21. The first-order chi connectivity index (χ1) is 8.41. The Morgan fingerprint density at radius 3 is 2.72 bits per heavy atom. The van der Waals surface area contributed by atoms with Gasteiger partial charge in [0.05, 0.1) is 16.9 Å². The lowest BCUT2D eigenvalue weighted by Gasteiger charge is -2.22. The second-order valence-corrected chi connectivity index (χ2v) is 4.11. The van der Waals surface area contributed by atoms with Crippen LogP contribution in [-0.2, 0) is 11.0 Å². The summed E-state index contributed by atoms with van der Waals surface area (Å²) < 4.78 is 37.8. The zero-order valence-electron chi connectivity index (χ0n) is 9.84. The number of carbonyl (C=O) groups is 1. The zero-order valence-corrected chi connectivity index (χ0v) is 9.84. The Labute approximate surface area is 103 Å². The summed E-state index contributed by atoms with van der Waals surface area (Å²) >= 11 is 0. The van der Waals surface area contributed by atoms with Crippen molar-refractivity contribution in [2.75, 3.05) is 23.3 Å². The van der Waals surface area contributed by atoms with Crippen LogP contribution in [0.4, 0.5) is 24.5 Å². The van der Waals surface area contributed by atoms with Crippen molar-refractivity contribution < 1.29 is 18.0 Å². The molecule has 1 aliphatic rings. The van der Waals surface area contributed by atoms with Crippen LogP contribution in [0.25, 0.3) is 0 Å². The van der Waals surface area contributed by atoms with E-state index in [2.05, 4.69) is 5.32 Å². The van der Waals surface area contributed by atoms with Gasteiger partial charge in [-0.05, 0) is 25.1 Å². The first kappa shape index (κ1) is 12.7. The van der Waals surface area contributed by atoms with Crippen molar-refractivity contribution in [3.63, 3.8) is 0 Å². The number of hydrogen-bond acceptors (Lipinski definition) is 2. The molecule has 0 atom stereocenters. The van der Waals surface area contributed by atoms with Crippen LogP contribution in [0.15, 0.2) is 18.2 Å². The van der Waals surface area contributed by atoms with E-state index in [4.69, 9.17) is 0 Å². The molecular formula is C12H13F3N2O. The van der Waals surface area contributed by atoms with Gasteiger partial charge in [-0.2, -0.15) is 13.2 Å². The minimum Gasteiger partial charge on any atom is -0.370 e. The maximum atomic E-state index is 12.6. The van der Waals surface area contributed by atoms with E-state index in [1.165, 1.54) is 6.07 Å². The van der Waals surface area contributed by atoms with E-state index in [1.54, 1.807) is 0 Å². The predicted molar refractivity (Wildman–Crippen MR) is 62.6 cm³/mol. The Bertz CT molecular complexity index is 471. The van der Waals surface area contributed by atoms with Crippen LogP contribution >= 0.6 is 0 Å². The quantitative estimate of drug-likeness (QED) is 0.840. The molecule has 0 spiro atoms. The van der Waals surface area contributed by atoms with E-state index in [-0.39, 0.29) is 18.0 Å². The largest absolute Gasteiger partial charge is 0.416 e. The second-order valence-electron chi connectivity index (χ2n) is 4.11. The Balaban J connectivity index is 2.46. The van der Waals surface area contributed by atoms with Gasteiger partial charge in [0.25, 0.3) is 0 Å². The molecule has 1 heterocycles. The van der Waals surface area contributed by atoms with Gasteiger partial charge >= 0.3 is 6.18 Å². The van der Waals surface area contributed by atoms with Gasteiger partial charge in [0, 0.05) is 19.5 Å². The van der Waals surface area contributed by atoms with Crippen LogP contribution in [0, 0.1) is 0 Å². The number of carbonyl (C=O) groups excluding carboxylic acids is 1. The maximum Gasteiger partial charge on any atom is 0.416 e. The molecule has 1 aliphatic heterocycles. The van der Waals surface area contributed by atoms with E-state index in [0.717, 1.165) is 12.1 Å². The van der Waals surface area contributed by atoms with Gasteiger partial charge in [-0.1, -0.05) is 0 Å². The number of benzene rings is 1. The van der Waals surface area contributed by atoms with Gasteiger partial charge in [0.2, 0.25) is 5.91 Å². The van der Waals surface area contributed by atoms with Gasteiger partial charge < -0.3 is 10.2 Å². The lowest BCUT2D eigenvalue weighted by molar-refractivity contribution is -0.137. The number of nitrogens with one attached hydrogen (secondary N) is 1. The average molecular weight is 258 g/mol. The number of hydrogen-bond donors (Lipinski definition) is 1. The lowest BCUT2D eigenvalue weighted by atomic mass is 10.1. The zero-order chi connectivity index (χ0) is 13.3. The Morgan fingerprint density at radius 1 is 1.39 bits per heavy atom. The molecule has 18 heavy (non-hydrogen) atoms. The molecule has 0 fully saturated rings. The maximum absolute atomic E-state index is 12.6. The van der Waals surface area contributed by atoms with Crippen LogP contribution < -0.4 is 10.2 Å². The highest BCUT2D eigenvalue weighted by Gasteiger charge is 2.32. The molecule has 0 aliphatic carbocycles. The summed E-state index contributed by atoms with van der Waals surface area (Å²) in [4.78, 5) is 13.3. The van der Waals surface area contributed by atoms with E-state index in [0.29, 0.717) is 18.8 Å². The monoisotopic (exact) mass is 258 g/mol. The van der Waals surface area contributed by atoms with Crippen molar-refractivity contribution in [2.45, 2.75) is 19.5 Å². The smallest absolute Gasteiger partial charge is 0.370 e. The molecule has 0 radical (unpaired) electrons. The topological polar surface area (TPSA) is 32.3 Å². The van der Waals surface area contributed by atoms with Crippen molar-refractivity contribution in [1.29, 1.82) is 0 Å². The third kappa shape index (κ3) is 2.42. The van der Waals surface area contributed by atoms with Gasteiger partial charge in [-0.25, -0.2) is 0 Å². The third-order valence-corrected chi connectivity index (χ3v) is 2.93. The Morgan fingerprint density at radius 2 is 2.11 bits per heavy atom. The standard InChI is InChI=1S/C12H13F3N2O/c1-2-17-6-5-11(18)16-9-7-8(12(13,14)15)3-4-10(9)17/h3-4,7H,2,5-6H2,1H3,(H,16,18). The highest BCUT2D eigenvalue weighted by molar-refractivity contribution is 5.96. The number of alkyl halides is 3. The molecule has 1 aromatic rings. The summed E-state index contributed by atoms with van der Waals surface area (Å²) in [6.07, 6.45) is -4.12. The second kappa shape index (κ2) is 4.51. The molecule has 1 N–H and O–H groups in total. The molecule has 1 aromatic carbocycles. The van der Waals surface area contributed by atoms with E-state index >= 15 is 0 Å². The molecule has 0 bridgehead atoms. The summed E-state index contributed by atoms with van der Waals surface area (Å²) in [6, 6.07) is 3.44. The molecule has 2 rings (SSSR count). The average Bonchev–Trinajstić information content (AvgIpc) is 2.45. The molecule has 1 amide bonds. The minimum atomic E-state index is -4.40. The van der Waals surface area contributed by atoms with Crippen LogP contribution in [0.2, 0.25) is 0 Å². The molecule has 0 saturated heterocycles.